The highest BCUT2D eigenvalue weighted by Crippen LogP contribution is 2.43. The monoisotopic (exact) mass is 751 g/mol. The summed E-state index contributed by atoms with van der Waals surface area (Å²) in [7, 11) is 1.43. The number of unbranched alkanes of at least 4 members (excludes halogenated alkanes) is 8. The molecule has 0 aliphatic carbocycles. The highest BCUT2D eigenvalue weighted by atomic mass is 31.2. The zero-order valence-corrected chi connectivity index (χ0v) is 34.2. The van der Waals surface area contributed by atoms with Gasteiger partial charge in [0, 0.05) is 12.8 Å². The van der Waals surface area contributed by atoms with Crippen molar-refractivity contribution in [1.29, 1.82) is 0 Å². The van der Waals surface area contributed by atoms with E-state index in [9.17, 15) is 19.0 Å². The summed E-state index contributed by atoms with van der Waals surface area (Å²) in [5.41, 5.74) is 0. The molecule has 0 spiro atoms. The predicted octanol–water partition coefficient (Wildman–Crippen LogP) is 10.7. The molecule has 0 amide bonds. The van der Waals surface area contributed by atoms with E-state index in [1.807, 2.05) is 21.1 Å². The Hall–Kier alpha value is -2.55. The fourth-order valence-corrected chi connectivity index (χ4v) is 5.43. The Morgan fingerprint density at radius 2 is 1.04 bits per heavy atom. The molecule has 9 nitrogen and oxygen atoms in total. The van der Waals surface area contributed by atoms with Gasteiger partial charge in [-0.25, -0.2) is 4.57 Å². The summed E-state index contributed by atoms with van der Waals surface area (Å²) >= 11 is 0. The standard InChI is InChI=1S/C42H72NO8P/c1-6-8-10-12-14-16-18-20-21-23-25-27-29-31-33-35-42(45)51-40(39-50-52(46,47)49-37-36-43(3,4)5)38-48-41(44)34-32-30-28-26-24-22-19-17-15-13-11-9-7-2/h8-11,14-17,20-22,24,40H,6-7,12-13,18-19,23,25-39H2,1-5H3/p+1/b10-8-,11-9-,16-14-,17-15-,21-20-,24-22-. The number of quaternary nitrogens is 1. The van der Waals surface area contributed by atoms with Crippen molar-refractivity contribution >= 4 is 19.8 Å². The molecule has 0 fully saturated rings. The van der Waals surface area contributed by atoms with Gasteiger partial charge in [0.1, 0.15) is 19.8 Å². The first-order valence-electron chi connectivity index (χ1n) is 19.7. The van der Waals surface area contributed by atoms with E-state index in [1.54, 1.807) is 0 Å². The van der Waals surface area contributed by atoms with Crippen molar-refractivity contribution in [3.8, 4) is 0 Å². The molecule has 0 rings (SSSR count). The molecule has 1 N–H and O–H groups in total. The first-order chi connectivity index (χ1) is 25.0. The van der Waals surface area contributed by atoms with Crippen LogP contribution in [0.4, 0.5) is 0 Å². The summed E-state index contributed by atoms with van der Waals surface area (Å²) < 4.78 is 34.1. The van der Waals surface area contributed by atoms with Gasteiger partial charge in [0.25, 0.3) is 0 Å². The SMILES string of the molecule is CC/C=C\C/C=C\C/C=C\CCCCCCCC(=O)OC(COC(=O)CCCCC/C=C\C/C=C\C/C=C\CC)COP(=O)(O)OCC[N+](C)(C)C. The minimum absolute atomic E-state index is 0.0192. The smallest absolute Gasteiger partial charge is 0.462 e. The Morgan fingerprint density at radius 1 is 0.596 bits per heavy atom. The number of esters is 2. The molecule has 0 saturated heterocycles. The molecule has 0 aliphatic heterocycles. The highest BCUT2D eigenvalue weighted by Gasteiger charge is 2.27. The summed E-state index contributed by atoms with van der Waals surface area (Å²) in [6, 6.07) is 0. The molecule has 0 aromatic rings. The number of phosphoric acid groups is 1. The first kappa shape index (κ1) is 49.5. The third-order valence-electron chi connectivity index (χ3n) is 7.73. The van der Waals surface area contributed by atoms with Crippen LogP contribution in [-0.2, 0) is 32.7 Å². The Morgan fingerprint density at radius 3 is 1.56 bits per heavy atom. The van der Waals surface area contributed by atoms with Crippen LogP contribution in [0.25, 0.3) is 0 Å². The molecule has 0 radical (unpaired) electrons. The summed E-state index contributed by atoms with van der Waals surface area (Å²) in [5, 5.41) is 0. The fourth-order valence-electron chi connectivity index (χ4n) is 4.69. The molecule has 0 aliphatic rings. The van der Waals surface area contributed by atoms with Gasteiger partial charge in [0.15, 0.2) is 6.10 Å². The van der Waals surface area contributed by atoms with Crippen molar-refractivity contribution < 1.29 is 42.1 Å². The van der Waals surface area contributed by atoms with E-state index in [2.05, 4.69) is 86.8 Å². The van der Waals surface area contributed by atoms with E-state index in [0.717, 1.165) is 89.9 Å². The minimum atomic E-state index is -4.38. The molecule has 298 valence electrons. The molecule has 0 aromatic heterocycles. The van der Waals surface area contributed by atoms with Crippen molar-refractivity contribution in [2.75, 3.05) is 47.5 Å². The van der Waals surface area contributed by atoms with Crippen molar-refractivity contribution in [3.63, 3.8) is 0 Å². The number of allylic oxidation sites excluding steroid dienone is 12. The van der Waals surface area contributed by atoms with Crippen LogP contribution in [0.1, 0.15) is 129 Å². The Kier molecular flexibility index (Phi) is 32.6. The van der Waals surface area contributed by atoms with E-state index >= 15 is 0 Å². The van der Waals surface area contributed by atoms with Crippen molar-refractivity contribution in [1.82, 2.24) is 0 Å². The average molecular weight is 751 g/mol. The van der Waals surface area contributed by atoms with Crippen LogP contribution in [0.5, 0.6) is 0 Å². The lowest BCUT2D eigenvalue weighted by Crippen LogP contribution is -2.37. The lowest BCUT2D eigenvalue weighted by atomic mass is 10.1. The lowest BCUT2D eigenvalue weighted by Gasteiger charge is -2.24. The van der Waals surface area contributed by atoms with Crippen molar-refractivity contribution in [2.45, 2.75) is 136 Å². The van der Waals surface area contributed by atoms with Crippen LogP contribution in [0.2, 0.25) is 0 Å². The van der Waals surface area contributed by atoms with Crippen LogP contribution in [0.3, 0.4) is 0 Å². The summed E-state index contributed by atoms with van der Waals surface area (Å²) in [6.45, 7) is 4.10. The summed E-state index contributed by atoms with van der Waals surface area (Å²) in [6.07, 6.45) is 41.0. The molecular formula is C42H73NO8P+. The van der Waals surface area contributed by atoms with E-state index in [4.69, 9.17) is 18.5 Å². The molecule has 0 heterocycles. The summed E-state index contributed by atoms with van der Waals surface area (Å²) in [4.78, 5) is 35.2. The van der Waals surface area contributed by atoms with Crippen LogP contribution in [0.15, 0.2) is 72.9 Å². The maximum absolute atomic E-state index is 12.6. The van der Waals surface area contributed by atoms with E-state index in [0.29, 0.717) is 23.9 Å². The van der Waals surface area contributed by atoms with Crippen LogP contribution in [0, 0.1) is 0 Å². The number of hydrogen-bond acceptors (Lipinski definition) is 7. The molecule has 0 aromatic carbocycles. The number of likely N-dealkylation sites (N-methyl/N-ethyl adjacent to an activating group) is 1. The third kappa shape index (κ3) is 37.2. The second-order valence-electron chi connectivity index (χ2n) is 13.9. The quantitative estimate of drug-likeness (QED) is 0.0228. The van der Waals surface area contributed by atoms with Crippen LogP contribution < -0.4 is 0 Å². The largest absolute Gasteiger partial charge is 0.472 e. The number of nitrogens with zero attached hydrogens (tertiary/aromatic N) is 1. The second-order valence-corrected chi connectivity index (χ2v) is 15.4. The predicted molar refractivity (Wildman–Crippen MR) is 215 cm³/mol. The van der Waals surface area contributed by atoms with Gasteiger partial charge < -0.3 is 18.9 Å². The van der Waals surface area contributed by atoms with Crippen molar-refractivity contribution in [2.24, 2.45) is 0 Å². The molecule has 10 heteroatoms. The zero-order chi connectivity index (χ0) is 38.6. The first-order valence-corrected chi connectivity index (χ1v) is 21.2. The maximum Gasteiger partial charge on any atom is 0.472 e. The summed E-state index contributed by atoms with van der Waals surface area (Å²) in [5.74, 6) is -0.863. The molecule has 2 atom stereocenters. The minimum Gasteiger partial charge on any atom is -0.462 e. The number of carbonyl (C=O) groups is 2. The van der Waals surface area contributed by atoms with Gasteiger partial charge in [-0.1, -0.05) is 112 Å². The number of phosphoric ester groups is 1. The fraction of sp³-hybridized carbons (Fsp3) is 0.667. The maximum atomic E-state index is 12.6. The van der Waals surface area contributed by atoms with E-state index in [-0.39, 0.29) is 26.1 Å². The Labute approximate surface area is 317 Å². The Bertz CT molecular complexity index is 1120. The van der Waals surface area contributed by atoms with Gasteiger partial charge in [-0.2, -0.15) is 0 Å². The Balaban J connectivity index is 4.52. The molecule has 0 saturated carbocycles. The zero-order valence-electron chi connectivity index (χ0n) is 33.3. The number of ether oxygens (including phenoxy) is 2. The van der Waals surface area contributed by atoms with Gasteiger partial charge in [-0.15, -0.1) is 0 Å². The number of carbonyl (C=O) groups excluding carboxylic acids is 2. The topological polar surface area (TPSA) is 108 Å². The van der Waals surface area contributed by atoms with Gasteiger partial charge in [0.2, 0.25) is 0 Å². The number of hydrogen-bond donors (Lipinski definition) is 1. The van der Waals surface area contributed by atoms with Gasteiger partial charge in [0.05, 0.1) is 27.7 Å². The molecule has 2 unspecified atom stereocenters. The lowest BCUT2D eigenvalue weighted by molar-refractivity contribution is -0.870. The molecule has 0 bridgehead atoms. The normalized spacial score (nSPS) is 14.5. The van der Waals surface area contributed by atoms with Crippen LogP contribution in [-0.4, -0.2) is 74.9 Å². The van der Waals surface area contributed by atoms with E-state index in [1.165, 1.54) is 0 Å². The van der Waals surface area contributed by atoms with E-state index < -0.39 is 32.5 Å². The molecule has 52 heavy (non-hydrogen) atoms. The van der Waals surface area contributed by atoms with Crippen molar-refractivity contribution in [3.05, 3.63) is 72.9 Å². The van der Waals surface area contributed by atoms with Crippen LogP contribution >= 0.6 is 7.82 Å². The van der Waals surface area contributed by atoms with Gasteiger partial charge in [-0.05, 0) is 77.0 Å². The molecular weight excluding hydrogens is 677 g/mol. The second kappa shape index (κ2) is 34.2. The number of rotatable bonds is 34. The highest BCUT2D eigenvalue weighted by molar-refractivity contribution is 7.47. The van der Waals surface area contributed by atoms with Gasteiger partial charge >= 0.3 is 19.8 Å². The van der Waals surface area contributed by atoms with Gasteiger partial charge in [-0.3, -0.25) is 18.6 Å². The average Bonchev–Trinajstić information content (AvgIpc) is 3.09. The third-order valence-corrected chi connectivity index (χ3v) is 8.72.